The molecule has 1 amide bonds. The minimum absolute atomic E-state index is 0.0138. The molecule has 4 aromatic rings. The summed E-state index contributed by atoms with van der Waals surface area (Å²) in [6, 6.07) is 16.3. The molecule has 1 N–H and O–H groups in total. The van der Waals surface area contributed by atoms with Crippen molar-refractivity contribution in [2.75, 3.05) is 5.75 Å². The Morgan fingerprint density at radius 3 is 2.69 bits per heavy atom. The van der Waals surface area contributed by atoms with Crippen LogP contribution in [0.15, 0.2) is 81.3 Å². The number of benzene rings is 2. The largest absolute Gasteiger partial charge is 0.467 e. The van der Waals surface area contributed by atoms with E-state index in [9.17, 15) is 14.0 Å². The molecule has 0 spiro atoms. The van der Waals surface area contributed by atoms with Crippen molar-refractivity contribution in [2.24, 2.45) is 0 Å². The number of rotatable bonds is 6. The van der Waals surface area contributed by atoms with E-state index in [1.807, 2.05) is 0 Å². The molecule has 0 atom stereocenters. The Balaban J connectivity index is 1.65. The third-order valence-corrected chi connectivity index (χ3v) is 5.15. The third-order valence-electron chi connectivity index (χ3n) is 4.21. The van der Waals surface area contributed by atoms with Gasteiger partial charge in [0.05, 0.1) is 35.2 Å². The number of thioether (sulfide) groups is 1. The first-order valence-electron chi connectivity index (χ1n) is 8.82. The van der Waals surface area contributed by atoms with Gasteiger partial charge in [-0.3, -0.25) is 14.2 Å². The second kappa shape index (κ2) is 8.32. The van der Waals surface area contributed by atoms with Crippen LogP contribution in [0.4, 0.5) is 4.39 Å². The molecular formula is C21H16FN3O3S. The molecule has 0 saturated heterocycles. The van der Waals surface area contributed by atoms with Crippen LogP contribution in [0.25, 0.3) is 16.6 Å². The number of hydrogen-bond donors (Lipinski definition) is 1. The van der Waals surface area contributed by atoms with Crippen molar-refractivity contribution in [3.05, 3.63) is 88.9 Å². The van der Waals surface area contributed by atoms with Crippen LogP contribution in [0.5, 0.6) is 0 Å². The molecule has 4 rings (SSSR count). The van der Waals surface area contributed by atoms with Gasteiger partial charge in [0, 0.05) is 0 Å². The molecule has 0 aliphatic rings. The summed E-state index contributed by atoms with van der Waals surface area (Å²) < 4.78 is 20.8. The highest BCUT2D eigenvalue weighted by Crippen LogP contribution is 2.22. The molecule has 0 bridgehead atoms. The summed E-state index contributed by atoms with van der Waals surface area (Å²) in [6.45, 7) is 0.262. The molecule has 8 heteroatoms. The number of nitrogens with zero attached hydrogens (tertiary/aromatic N) is 2. The summed E-state index contributed by atoms with van der Waals surface area (Å²) in [6.07, 6.45) is 1.53. The first-order chi connectivity index (χ1) is 14.1. The van der Waals surface area contributed by atoms with E-state index in [1.54, 1.807) is 48.5 Å². The summed E-state index contributed by atoms with van der Waals surface area (Å²) in [5.74, 6) is -0.153. The van der Waals surface area contributed by atoms with Crippen LogP contribution >= 0.6 is 11.8 Å². The van der Waals surface area contributed by atoms with Gasteiger partial charge in [-0.25, -0.2) is 9.37 Å². The van der Waals surface area contributed by atoms with Gasteiger partial charge in [-0.1, -0.05) is 36.0 Å². The lowest BCUT2D eigenvalue weighted by molar-refractivity contribution is -0.118. The molecule has 2 aromatic carbocycles. The normalized spacial score (nSPS) is 10.9. The topological polar surface area (TPSA) is 77.1 Å². The first kappa shape index (κ1) is 18.9. The maximum absolute atomic E-state index is 14.4. The van der Waals surface area contributed by atoms with Crippen molar-refractivity contribution in [1.29, 1.82) is 0 Å². The van der Waals surface area contributed by atoms with Crippen molar-refractivity contribution in [2.45, 2.75) is 11.7 Å². The maximum atomic E-state index is 14.4. The average Bonchev–Trinajstić information content (AvgIpc) is 3.25. The zero-order valence-corrected chi connectivity index (χ0v) is 16.0. The molecule has 0 saturated carbocycles. The average molecular weight is 409 g/mol. The van der Waals surface area contributed by atoms with Crippen LogP contribution in [-0.2, 0) is 11.3 Å². The Morgan fingerprint density at radius 2 is 1.90 bits per heavy atom. The van der Waals surface area contributed by atoms with Crippen molar-refractivity contribution in [1.82, 2.24) is 14.9 Å². The van der Waals surface area contributed by atoms with E-state index in [1.165, 1.54) is 23.0 Å². The van der Waals surface area contributed by atoms with Gasteiger partial charge in [0.1, 0.15) is 11.6 Å². The lowest BCUT2D eigenvalue weighted by Gasteiger charge is -2.13. The van der Waals surface area contributed by atoms with E-state index in [-0.39, 0.29) is 34.6 Å². The Bertz CT molecular complexity index is 1220. The molecule has 2 aromatic heterocycles. The van der Waals surface area contributed by atoms with Crippen LogP contribution in [0.1, 0.15) is 5.76 Å². The van der Waals surface area contributed by atoms with E-state index in [2.05, 4.69) is 10.3 Å². The van der Waals surface area contributed by atoms with E-state index in [0.29, 0.717) is 16.7 Å². The van der Waals surface area contributed by atoms with Crippen LogP contribution in [0.3, 0.4) is 0 Å². The van der Waals surface area contributed by atoms with Gasteiger partial charge in [-0.15, -0.1) is 0 Å². The number of furan rings is 1. The minimum atomic E-state index is -0.546. The Hall–Kier alpha value is -3.39. The molecule has 0 aliphatic carbocycles. The molecule has 146 valence electrons. The monoisotopic (exact) mass is 409 g/mol. The van der Waals surface area contributed by atoms with Gasteiger partial charge < -0.3 is 9.73 Å². The molecule has 0 unspecified atom stereocenters. The lowest BCUT2D eigenvalue weighted by Crippen LogP contribution is -2.26. The van der Waals surface area contributed by atoms with Crippen molar-refractivity contribution in [3.8, 4) is 5.69 Å². The zero-order chi connectivity index (χ0) is 20.2. The molecule has 2 heterocycles. The van der Waals surface area contributed by atoms with E-state index < -0.39 is 5.82 Å². The highest BCUT2D eigenvalue weighted by molar-refractivity contribution is 7.99. The highest BCUT2D eigenvalue weighted by Gasteiger charge is 2.17. The number of fused-ring (bicyclic) bond motifs is 1. The fourth-order valence-electron chi connectivity index (χ4n) is 2.83. The number of hydrogen-bond acceptors (Lipinski definition) is 5. The van der Waals surface area contributed by atoms with Crippen molar-refractivity contribution in [3.63, 3.8) is 0 Å². The van der Waals surface area contributed by atoms with Crippen LogP contribution in [0, 0.1) is 5.82 Å². The molecule has 0 aliphatic heterocycles. The van der Waals surface area contributed by atoms with E-state index in [4.69, 9.17) is 4.42 Å². The van der Waals surface area contributed by atoms with Gasteiger partial charge in [0.25, 0.3) is 5.56 Å². The van der Waals surface area contributed by atoms with Crippen LogP contribution in [-0.4, -0.2) is 21.2 Å². The quantitative estimate of drug-likeness (QED) is 0.389. The number of carbonyl (C=O) groups is 1. The SMILES string of the molecule is O=C(CSc1nc2ccccc2c(=O)n1-c1ccccc1F)NCc1ccco1. The molecule has 6 nitrogen and oxygen atoms in total. The third kappa shape index (κ3) is 4.07. The summed E-state index contributed by atoms with van der Waals surface area (Å²) >= 11 is 1.07. The number of carbonyl (C=O) groups excluding carboxylic acids is 1. The summed E-state index contributed by atoms with van der Waals surface area (Å²) in [4.78, 5) is 29.8. The number of halogens is 1. The number of nitrogens with one attached hydrogen (secondary N) is 1. The molecule has 0 fully saturated rings. The van der Waals surface area contributed by atoms with Gasteiger partial charge in [0.15, 0.2) is 5.16 Å². The Kier molecular flexibility index (Phi) is 5.44. The first-order valence-corrected chi connectivity index (χ1v) is 9.80. The fraction of sp³-hybridized carbons (Fsp3) is 0.0952. The summed E-state index contributed by atoms with van der Waals surface area (Å²) in [5, 5.41) is 3.35. The predicted molar refractivity (Wildman–Crippen MR) is 109 cm³/mol. The van der Waals surface area contributed by atoms with Gasteiger partial charge in [-0.2, -0.15) is 0 Å². The van der Waals surface area contributed by atoms with Crippen molar-refractivity contribution >= 4 is 28.6 Å². The maximum Gasteiger partial charge on any atom is 0.266 e. The van der Waals surface area contributed by atoms with Crippen molar-refractivity contribution < 1.29 is 13.6 Å². The van der Waals surface area contributed by atoms with E-state index >= 15 is 0 Å². The number of amides is 1. The smallest absolute Gasteiger partial charge is 0.266 e. The second-order valence-corrected chi connectivity index (χ2v) is 7.09. The number of aromatic nitrogens is 2. The Morgan fingerprint density at radius 1 is 1.10 bits per heavy atom. The highest BCUT2D eigenvalue weighted by atomic mass is 32.2. The van der Waals surface area contributed by atoms with Crippen LogP contribution < -0.4 is 10.9 Å². The summed E-state index contributed by atoms with van der Waals surface area (Å²) in [7, 11) is 0. The molecule has 0 radical (unpaired) electrons. The lowest BCUT2D eigenvalue weighted by atomic mass is 10.2. The molecule has 29 heavy (non-hydrogen) atoms. The standard InChI is InChI=1S/C21H16FN3O3S/c22-16-8-2-4-10-18(16)25-20(27)15-7-1-3-9-17(15)24-21(25)29-13-19(26)23-12-14-6-5-11-28-14/h1-11H,12-13H2,(H,23,26). The van der Waals surface area contributed by atoms with Gasteiger partial charge in [-0.05, 0) is 36.4 Å². The zero-order valence-electron chi connectivity index (χ0n) is 15.2. The summed E-state index contributed by atoms with van der Waals surface area (Å²) in [5.41, 5.74) is 0.192. The fourth-order valence-corrected chi connectivity index (χ4v) is 3.67. The van der Waals surface area contributed by atoms with Crippen LogP contribution in [0.2, 0.25) is 0 Å². The minimum Gasteiger partial charge on any atom is -0.467 e. The second-order valence-electron chi connectivity index (χ2n) is 6.15. The number of para-hydroxylation sites is 2. The molecular weight excluding hydrogens is 393 g/mol. The Labute approximate surface area is 169 Å². The van der Waals surface area contributed by atoms with Gasteiger partial charge >= 0.3 is 0 Å². The predicted octanol–water partition coefficient (Wildman–Crippen LogP) is 3.53. The van der Waals surface area contributed by atoms with Gasteiger partial charge in [0.2, 0.25) is 5.91 Å². The van der Waals surface area contributed by atoms with E-state index in [0.717, 1.165) is 11.8 Å².